The molecule has 1 amide bonds. The van der Waals surface area contributed by atoms with E-state index in [1.807, 2.05) is 4.90 Å². The number of rotatable bonds is 1. The van der Waals surface area contributed by atoms with Crippen molar-refractivity contribution in [3.63, 3.8) is 0 Å². The SMILES string of the molecule is O=CN1CC2CCC(C2)C1. The molecule has 0 spiro atoms. The molecule has 1 aliphatic heterocycles. The molecule has 1 aliphatic carbocycles. The molecular formula is C8H13NO. The maximum atomic E-state index is 10.4. The molecule has 56 valence electrons. The van der Waals surface area contributed by atoms with Gasteiger partial charge in [-0.25, -0.2) is 0 Å². The Bertz CT molecular complexity index is 134. The average molecular weight is 139 g/mol. The lowest BCUT2D eigenvalue weighted by Crippen LogP contribution is -2.35. The van der Waals surface area contributed by atoms with Gasteiger partial charge in [0.25, 0.3) is 0 Å². The first-order valence-electron chi connectivity index (χ1n) is 4.08. The van der Waals surface area contributed by atoms with Gasteiger partial charge in [0, 0.05) is 13.1 Å². The van der Waals surface area contributed by atoms with Gasteiger partial charge < -0.3 is 4.90 Å². The second-order valence-corrected chi connectivity index (χ2v) is 3.60. The summed E-state index contributed by atoms with van der Waals surface area (Å²) in [6.07, 6.45) is 5.10. The van der Waals surface area contributed by atoms with E-state index in [0.717, 1.165) is 31.3 Å². The molecule has 2 atom stereocenters. The molecule has 0 N–H and O–H groups in total. The van der Waals surface area contributed by atoms with E-state index in [0.29, 0.717) is 0 Å². The largest absolute Gasteiger partial charge is 0.345 e. The lowest BCUT2D eigenvalue weighted by atomic mass is 10.00. The van der Waals surface area contributed by atoms with Crippen molar-refractivity contribution in [2.75, 3.05) is 13.1 Å². The molecule has 2 heteroatoms. The Kier molecular flexibility index (Phi) is 1.40. The van der Waals surface area contributed by atoms with Crippen LogP contribution in [0.5, 0.6) is 0 Å². The monoisotopic (exact) mass is 139 g/mol. The first kappa shape index (κ1) is 6.20. The predicted molar refractivity (Wildman–Crippen MR) is 38.5 cm³/mol. The molecular weight excluding hydrogens is 126 g/mol. The molecule has 0 radical (unpaired) electrons. The predicted octanol–water partition coefficient (Wildman–Crippen LogP) is 0.875. The summed E-state index contributed by atoms with van der Waals surface area (Å²) in [7, 11) is 0. The molecule has 2 bridgehead atoms. The molecule has 1 saturated heterocycles. The summed E-state index contributed by atoms with van der Waals surface area (Å²) in [6.45, 7) is 2.06. The van der Waals surface area contributed by atoms with E-state index < -0.39 is 0 Å². The van der Waals surface area contributed by atoms with Gasteiger partial charge in [-0.05, 0) is 31.1 Å². The number of likely N-dealkylation sites (tertiary alicyclic amines) is 1. The molecule has 2 unspecified atom stereocenters. The van der Waals surface area contributed by atoms with Gasteiger partial charge in [-0.3, -0.25) is 4.79 Å². The van der Waals surface area contributed by atoms with Crippen molar-refractivity contribution in [1.29, 1.82) is 0 Å². The summed E-state index contributed by atoms with van der Waals surface area (Å²) in [5.41, 5.74) is 0. The highest BCUT2D eigenvalue weighted by molar-refractivity contribution is 5.47. The standard InChI is InChI=1S/C8H13NO/c10-6-9-4-7-1-2-8(3-7)5-9/h6-8H,1-5H2. The minimum Gasteiger partial charge on any atom is -0.345 e. The fourth-order valence-corrected chi connectivity index (χ4v) is 2.33. The van der Waals surface area contributed by atoms with Crippen molar-refractivity contribution in [3.8, 4) is 0 Å². The van der Waals surface area contributed by atoms with Gasteiger partial charge in [-0.2, -0.15) is 0 Å². The van der Waals surface area contributed by atoms with Crippen molar-refractivity contribution >= 4 is 6.41 Å². The van der Waals surface area contributed by atoms with Crippen LogP contribution in [0.25, 0.3) is 0 Å². The number of carbonyl (C=O) groups excluding carboxylic acids is 1. The van der Waals surface area contributed by atoms with Crippen LogP contribution in [0, 0.1) is 11.8 Å². The Morgan fingerprint density at radius 3 is 2.30 bits per heavy atom. The van der Waals surface area contributed by atoms with Gasteiger partial charge in [0.05, 0.1) is 0 Å². The lowest BCUT2D eigenvalue weighted by Gasteiger charge is -2.28. The zero-order valence-corrected chi connectivity index (χ0v) is 6.12. The van der Waals surface area contributed by atoms with Gasteiger partial charge in [0.2, 0.25) is 6.41 Å². The van der Waals surface area contributed by atoms with Crippen molar-refractivity contribution in [1.82, 2.24) is 4.90 Å². The molecule has 1 saturated carbocycles. The van der Waals surface area contributed by atoms with Crippen LogP contribution < -0.4 is 0 Å². The normalized spacial score (nSPS) is 38.2. The number of fused-ring (bicyclic) bond motifs is 2. The first-order chi connectivity index (χ1) is 4.88. The molecule has 2 rings (SSSR count). The second-order valence-electron chi connectivity index (χ2n) is 3.60. The molecule has 2 fully saturated rings. The topological polar surface area (TPSA) is 20.3 Å². The van der Waals surface area contributed by atoms with Crippen LogP contribution in [-0.4, -0.2) is 24.4 Å². The molecule has 2 nitrogen and oxygen atoms in total. The molecule has 0 aromatic carbocycles. The van der Waals surface area contributed by atoms with Gasteiger partial charge in [0.15, 0.2) is 0 Å². The van der Waals surface area contributed by atoms with Gasteiger partial charge in [-0.15, -0.1) is 0 Å². The Hall–Kier alpha value is -0.530. The number of hydrogen-bond acceptors (Lipinski definition) is 1. The number of nitrogens with zero attached hydrogens (tertiary/aromatic N) is 1. The summed E-state index contributed by atoms with van der Waals surface area (Å²) < 4.78 is 0. The Labute approximate surface area is 61.2 Å². The maximum absolute atomic E-state index is 10.4. The number of carbonyl (C=O) groups is 1. The Morgan fingerprint density at radius 1 is 1.20 bits per heavy atom. The van der Waals surface area contributed by atoms with Crippen LogP contribution in [0.1, 0.15) is 19.3 Å². The van der Waals surface area contributed by atoms with E-state index in [1.54, 1.807) is 0 Å². The van der Waals surface area contributed by atoms with E-state index in [-0.39, 0.29) is 0 Å². The summed E-state index contributed by atoms with van der Waals surface area (Å²) in [5.74, 6) is 1.67. The highest BCUT2D eigenvalue weighted by Crippen LogP contribution is 2.35. The number of piperidine rings is 1. The Balaban J connectivity index is 2.02. The van der Waals surface area contributed by atoms with Crippen LogP contribution in [0.2, 0.25) is 0 Å². The molecule has 0 aromatic heterocycles. The third-order valence-corrected chi connectivity index (χ3v) is 2.78. The lowest BCUT2D eigenvalue weighted by molar-refractivity contribution is -0.120. The molecule has 10 heavy (non-hydrogen) atoms. The highest BCUT2D eigenvalue weighted by Gasteiger charge is 2.31. The van der Waals surface area contributed by atoms with Gasteiger partial charge in [0.1, 0.15) is 0 Å². The van der Waals surface area contributed by atoms with E-state index in [9.17, 15) is 4.79 Å². The zero-order chi connectivity index (χ0) is 6.97. The van der Waals surface area contributed by atoms with E-state index in [1.165, 1.54) is 19.3 Å². The summed E-state index contributed by atoms with van der Waals surface area (Å²) in [5, 5.41) is 0. The van der Waals surface area contributed by atoms with Crippen molar-refractivity contribution in [2.24, 2.45) is 11.8 Å². The van der Waals surface area contributed by atoms with Gasteiger partial charge in [-0.1, -0.05) is 0 Å². The van der Waals surface area contributed by atoms with Gasteiger partial charge >= 0.3 is 0 Å². The quantitative estimate of drug-likeness (QED) is 0.494. The van der Waals surface area contributed by atoms with Crippen LogP contribution >= 0.6 is 0 Å². The van der Waals surface area contributed by atoms with E-state index in [2.05, 4.69) is 0 Å². The van der Waals surface area contributed by atoms with Crippen LogP contribution in [-0.2, 0) is 4.79 Å². The fourth-order valence-electron chi connectivity index (χ4n) is 2.33. The third-order valence-electron chi connectivity index (χ3n) is 2.78. The zero-order valence-electron chi connectivity index (χ0n) is 6.12. The molecule has 0 aromatic rings. The molecule has 1 heterocycles. The van der Waals surface area contributed by atoms with Crippen molar-refractivity contribution in [3.05, 3.63) is 0 Å². The number of hydrogen-bond donors (Lipinski definition) is 0. The summed E-state index contributed by atoms with van der Waals surface area (Å²) >= 11 is 0. The minimum absolute atomic E-state index is 0.837. The van der Waals surface area contributed by atoms with E-state index >= 15 is 0 Å². The van der Waals surface area contributed by atoms with E-state index in [4.69, 9.17) is 0 Å². The summed E-state index contributed by atoms with van der Waals surface area (Å²) in [4.78, 5) is 12.3. The highest BCUT2D eigenvalue weighted by atomic mass is 16.1. The fraction of sp³-hybridized carbons (Fsp3) is 0.875. The second kappa shape index (κ2) is 2.26. The van der Waals surface area contributed by atoms with Crippen LogP contribution in [0.3, 0.4) is 0 Å². The minimum atomic E-state index is 0.837. The smallest absolute Gasteiger partial charge is 0.209 e. The summed E-state index contributed by atoms with van der Waals surface area (Å²) in [6, 6.07) is 0. The first-order valence-corrected chi connectivity index (χ1v) is 4.08. The van der Waals surface area contributed by atoms with Crippen molar-refractivity contribution < 1.29 is 4.79 Å². The van der Waals surface area contributed by atoms with Crippen LogP contribution in [0.4, 0.5) is 0 Å². The van der Waals surface area contributed by atoms with Crippen molar-refractivity contribution in [2.45, 2.75) is 19.3 Å². The maximum Gasteiger partial charge on any atom is 0.209 e. The average Bonchev–Trinajstić information content (AvgIpc) is 2.30. The van der Waals surface area contributed by atoms with Crippen LogP contribution in [0.15, 0.2) is 0 Å². The molecule has 2 aliphatic rings. The Morgan fingerprint density at radius 2 is 1.80 bits per heavy atom. The third kappa shape index (κ3) is 0.917. The number of amides is 1.